The van der Waals surface area contributed by atoms with Gasteiger partial charge in [-0.1, -0.05) is 30.3 Å². The summed E-state index contributed by atoms with van der Waals surface area (Å²) in [5.74, 6) is 0.0785. The van der Waals surface area contributed by atoms with Crippen LogP contribution in [0.15, 0.2) is 47.3 Å². The van der Waals surface area contributed by atoms with E-state index in [0.717, 1.165) is 17.0 Å². The second-order valence-corrected chi connectivity index (χ2v) is 7.18. The van der Waals surface area contributed by atoms with Gasteiger partial charge in [-0.15, -0.1) is 11.3 Å². The average molecular weight is 368 g/mol. The number of benzene rings is 1. The SMILES string of the molecule is O=C(Cc1cscn1)N1CCn2nc([C@H](O)Cc3ccccc3)cc2C1. The molecule has 134 valence electrons. The van der Waals surface area contributed by atoms with Crippen LogP contribution in [0.3, 0.4) is 0 Å². The standard InChI is InChI=1S/C19H20N4O2S/c24-18(8-14-4-2-1-3-5-14)17-10-16-11-22(6-7-23(16)21-17)19(25)9-15-12-26-13-20-15/h1-5,10,12-13,18,24H,6-9,11H2/t18-/m1/s1. The second kappa shape index (κ2) is 7.39. The summed E-state index contributed by atoms with van der Waals surface area (Å²) in [5.41, 5.74) is 5.26. The van der Waals surface area contributed by atoms with Crippen LogP contribution in [-0.4, -0.2) is 37.2 Å². The summed E-state index contributed by atoms with van der Waals surface area (Å²) in [6.45, 7) is 1.80. The minimum atomic E-state index is -0.644. The highest BCUT2D eigenvalue weighted by Crippen LogP contribution is 2.21. The molecule has 4 rings (SSSR count). The minimum Gasteiger partial charge on any atom is -0.386 e. The predicted molar refractivity (Wildman–Crippen MR) is 98.6 cm³/mol. The maximum absolute atomic E-state index is 12.5. The van der Waals surface area contributed by atoms with Gasteiger partial charge in [-0.25, -0.2) is 4.98 Å². The Labute approximate surface area is 155 Å². The van der Waals surface area contributed by atoms with Crippen molar-refractivity contribution in [1.29, 1.82) is 0 Å². The van der Waals surface area contributed by atoms with Gasteiger partial charge in [0.15, 0.2) is 0 Å². The van der Waals surface area contributed by atoms with Crippen LogP contribution in [0.5, 0.6) is 0 Å². The molecule has 1 aliphatic rings. The van der Waals surface area contributed by atoms with Crippen molar-refractivity contribution in [1.82, 2.24) is 19.7 Å². The Morgan fingerprint density at radius 2 is 2.12 bits per heavy atom. The first-order valence-electron chi connectivity index (χ1n) is 8.62. The third kappa shape index (κ3) is 3.68. The maximum atomic E-state index is 12.5. The molecule has 1 atom stereocenters. The largest absolute Gasteiger partial charge is 0.386 e. The first kappa shape index (κ1) is 16.9. The van der Waals surface area contributed by atoms with Crippen molar-refractivity contribution in [3.05, 3.63) is 69.9 Å². The van der Waals surface area contributed by atoms with E-state index in [2.05, 4.69) is 10.1 Å². The van der Waals surface area contributed by atoms with E-state index < -0.39 is 6.10 Å². The maximum Gasteiger partial charge on any atom is 0.229 e. The highest BCUT2D eigenvalue weighted by atomic mass is 32.1. The van der Waals surface area contributed by atoms with E-state index in [0.29, 0.717) is 38.2 Å². The number of fused-ring (bicyclic) bond motifs is 1. The molecule has 7 heteroatoms. The average Bonchev–Trinajstić information content (AvgIpc) is 3.31. The summed E-state index contributed by atoms with van der Waals surface area (Å²) in [5, 5.41) is 16.9. The molecule has 3 heterocycles. The number of hydrogen-bond donors (Lipinski definition) is 1. The molecule has 0 saturated heterocycles. The van der Waals surface area contributed by atoms with Gasteiger partial charge in [0.05, 0.1) is 42.1 Å². The number of amides is 1. The summed E-state index contributed by atoms with van der Waals surface area (Å²) in [4.78, 5) is 18.5. The van der Waals surface area contributed by atoms with Crippen LogP contribution in [-0.2, 0) is 30.7 Å². The first-order chi connectivity index (χ1) is 12.7. The van der Waals surface area contributed by atoms with Gasteiger partial charge in [0.25, 0.3) is 0 Å². The molecule has 0 radical (unpaired) electrons. The summed E-state index contributed by atoms with van der Waals surface area (Å²) in [7, 11) is 0. The lowest BCUT2D eigenvalue weighted by Crippen LogP contribution is -2.39. The highest BCUT2D eigenvalue weighted by Gasteiger charge is 2.24. The van der Waals surface area contributed by atoms with Gasteiger partial charge in [0, 0.05) is 18.3 Å². The van der Waals surface area contributed by atoms with Crippen molar-refractivity contribution in [3.8, 4) is 0 Å². The number of carbonyl (C=O) groups excluding carboxylic acids is 1. The number of aromatic nitrogens is 3. The van der Waals surface area contributed by atoms with E-state index in [1.165, 1.54) is 11.3 Å². The van der Waals surface area contributed by atoms with Crippen molar-refractivity contribution in [2.24, 2.45) is 0 Å². The zero-order valence-corrected chi connectivity index (χ0v) is 15.1. The van der Waals surface area contributed by atoms with Crippen LogP contribution in [0, 0.1) is 0 Å². The molecule has 0 unspecified atom stereocenters. The van der Waals surface area contributed by atoms with Crippen LogP contribution in [0.25, 0.3) is 0 Å². The molecular formula is C19H20N4O2S. The fourth-order valence-electron chi connectivity index (χ4n) is 3.20. The lowest BCUT2D eigenvalue weighted by atomic mass is 10.1. The van der Waals surface area contributed by atoms with Crippen LogP contribution >= 0.6 is 11.3 Å². The van der Waals surface area contributed by atoms with E-state index in [1.807, 2.05) is 51.4 Å². The molecular weight excluding hydrogens is 348 g/mol. The van der Waals surface area contributed by atoms with Crippen molar-refractivity contribution in [2.45, 2.75) is 32.0 Å². The number of hydrogen-bond acceptors (Lipinski definition) is 5. The molecule has 2 aromatic heterocycles. The monoisotopic (exact) mass is 368 g/mol. The molecule has 1 aromatic carbocycles. The fourth-order valence-corrected chi connectivity index (χ4v) is 3.76. The van der Waals surface area contributed by atoms with Gasteiger partial charge < -0.3 is 10.0 Å². The lowest BCUT2D eigenvalue weighted by molar-refractivity contribution is -0.132. The summed E-state index contributed by atoms with van der Waals surface area (Å²) < 4.78 is 1.90. The van der Waals surface area contributed by atoms with Crippen LogP contribution in [0.2, 0.25) is 0 Å². The topological polar surface area (TPSA) is 71.2 Å². The highest BCUT2D eigenvalue weighted by molar-refractivity contribution is 7.07. The third-order valence-corrected chi connectivity index (χ3v) is 5.23. The molecule has 1 aliphatic heterocycles. The molecule has 1 N–H and O–H groups in total. The summed E-state index contributed by atoms with van der Waals surface area (Å²) in [6.07, 6.45) is 0.222. The Bertz CT molecular complexity index is 876. The van der Waals surface area contributed by atoms with Gasteiger partial charge >= 0.3 is 0 Å². The molecule has 0 fully saturated rings. The van der Waals surface area contributed by atoms with Crippen LogP contribution < -0.4 is 0 Å². The molecule has 3 aromatic rings. The Hall–Kier alpha value is -2.51. The Balaban J connectivity index is 1.42. The second-order valence-electron chi connectivity index (χ2n) is 6.46. The number of aliphatic hydroxyl groups is 1. The zero-order chi connectivity index (χ0) is 17.9. The molecule has 0 aliphatic carbocycles. The number of nitrogens with zero attached hydrogens (tertiary/aromatic N) is 4. The Morgan fingerprint density at radius 3 is 2.88 bits per heavy atom. The molecule has 1 amide bonds. The van der Waals surface area contributed by atoms with Crippen LogP contribution in [0.1, 0.15) is 28.7 Å². The fraction of sp³-hybridized carbons (Fsp3) is 0.316. The molecule has 0 spiro atoms. The van der Waals surface area contributed by atoms with Crippen molar-refractivity contribution in [2.75, 3.05) is 6.54 Å². The van der Waals surface area contributed by atoms with Crippen LogP contribution in [0.4, 0.5) is 0 Å². The molecule has 0 bridgehead atoms. The molecule has 26 heavy (non-hydrogen) atoms. The normalized spacial score (nSPS) is 14.9. The van der Waals surface area contributed by atoms with E-state index >= 15 is 0 Å². The summed E-state index contributed by atoms with van der Waals surface area (Å²) in [6, 6.07) is 11.8. The van der Waals surface area contributed by atoms with E-state index in [-0.39, 0.29) is 5.91 Å². The first-order valence-corrected chi connectivity index (χ1v) is 9.57. The summed E-state index contributed by atoms with van der Waals surface area (Å²) >= 11 is 1.50. The number of rotatable bonds is 5. The third-order valence-electron chi connectivity index (χ3n) is 4.60. The molecule has 6 nitrogen and oxygen atoms in total. The lowest BCUT2D eigenvalue weighted by Gasteiger charge is -2.27. The Kier molecular flexibility index (Phi) is 4.81. The van der Waals surface area contributed by atoms with Gasteiger partial charge in [-0.2, -0.15) is 5.10 Å². The van der Waals surface area contributed by atoms with Gasteiger partial charge in [0.1, 0.15) is 6.10 Å². The number of thiazole rings is 1. The molecule has 0 saturated carbocycles. The van der Waals surface area contributed by atoms with E-state index in [9.17, 15) is 9.90 Å². The predicted octanol–water partition coefficient (Wildman–Crippen LogP) is 2.20. The number of carbonyl (C=O) groups is 1. The van der Waals surface area contributed by atoms with E-state index in [1.54, 1.807) is 5.51 Å². The van der Waals surface area contributed by atoms with Gasteiger partial charge in [-0.05, 0) is 11.6 Å². The van der Waals surface area contributed by atoms with Crippen molar-refractivity contribution in [3.63, 3.8) is 0 Å². The smallest absolute Gasteiger partial charge is 0.229 e. The number of aliphatic hydroxyl groups excluding tert-OH is 1. The van der Waals surface area contributed by atoms with E-state index in [4.69, 9.17) is 0 Å². The quantitative estimate of drug-likeness (QED) is 0.749. The Morgan fingerprint density at radius 1 is 1.27 bits per heavy atom. The minimum absolute atomic E-state index is 0.0785. The van der Waals surface area contributed by atoms with Gasteiger partial charge in [-0.3, -0.25) is 9.48 Å². The van der Waals surface area contributed by atoms with Crippen molar-refractivity contribution >= 4 is 17.2 Å². The van der Waals surface area contributed by atoms with Crippen molar-refractivity contribution < 1.29 is 9.90 Å². The zero-order valence-electron chi connectivity index (χ0n) is 14.3. The van der Waals surface area contributed by atoms with Gasteiger partial charge in [0.2, 0.25) is 5.91 Å².